The highest BCUT2D eigenvalue weighted by atomic mass is 19.1. The van der Waals surface area contributed by atoms with Gasteiger partial charge in [0.1, 0.15) is 5.82 Å². The maximum Gasteiger partial charge on any atom is 0.123 e. The molecule has 0 amide bonds. The lowest BCUT2D eigenvalue weighted by Crippen LogP contribution is -2.18. The van der Waals surface area contributed by atoms with Crippen LogP contribution in [0.2, 0.25) is 0 Å². The standard InChI is InChI=1S/C23H24FN.H2/c1-4-9-19(5-2)23(21-10-7-6-8-11-21)16-17-25-18(3)20-12-14-22(24)15-13-20;/h4-16,18,25H,1-2,17H2,3H3;1H/b19-9+,23-16-;/t18-;/m1./s1. The predicted octanol–water partition coefficient (Wildman–Crippen LogP) is 6.10. The Kier molecular flexibility index (Phi) is 7.12. The summed E-state index contributed by atoms with van der Waals surface area (Å²) in [6.07, 6.45) is 7.70. The lowest BCUT2D eigenvalue weighted by atomic mass is 9.97. The van der Waals surface area contributed by atoms with Crippen LogP contribution in [0.5, 0.6) is 0 Å². The van der Waals surface area contributed by atoms with Gasteiger partial charge in [0.15, 0.2) is 0 Å². The van der Waals surface area contributed by atoms with Crippen LogP contribution >= 0.6 is 0 Å². The fourth-order valence-corrected chi connectivity index (χ4v) is 2.62. The molecule has 0 spiro atoms. The summed E-state index contributed by atoms with van der Waals surface area (Å²) in [6, 6.07) is 16.9. The minimum absolute atomic E-state index is 0. The molecule has 1 N–H and O–H groups in total. The van der Waals surface area contributed by atoms with E-state index in [1.165, 1.54) is 12.1 Å². The highest BCUT2D eigenvalue weighted by Gasteiger charge is 2.07. The Morgan fingerprint density at radius 1 is 1.12 bits per heavy atom. The molecule has 2 aromatic rings. The summed E-state index contributed by atoms with van der Waals surface area (Å²) >= 11 is 0. The molecule has 1 nitrogen and oxygen atoms in total. The van der Waals surface area contributed by atoms with Gasteiger partial charge in [0.05, 0.1) is 0 Å². The minimum Gasteiger partial charge on any atom is -0.307 e. The Morgan fingerprint density at radius 2 is 1.80 bits per heavy atom. The highest BCUT2D eigenvalue weighted by Crippen LogP contribution is 2.24. The highest BCUT2D eigenvalue weighted by molar-refractivity contribution is 5.82. The van der Waals surface area contributed by atoms with Crippen molar-refractivity contribution in [3.8, 4) is 0 Å². The van der Waals surface area contributed by atoms with Crippen LogP contribution in [0.4, 0.5) is 4.39 Å². The second-order valence-corrected chi connectivity index (χ2v) is 5.73. The third-order valence-corrected chi connectivity index (χ3v) is 4.01. The molecule has 0 aliphatic carbocycles. The Balaban J connectivity index is 0.00000338. The van der Waals surface area contributed by atoms with Gasteiger partial charge in [-0.3, -0.25) is 0 Å². The average Bonchev–Trinajstić information content (AvgIpc) is 2.65. The van der Waals surface area contributed by atoms with E-state index in [1.54, 1.807) is 6.08 Å². The smallest absolute Gasteiger partial charge is 0.123 e. The SMILES string of the molecule is C=C/C=C(C=C)/C(=C/CN[C@H](C)c1ccc(F)cc1)c1ccccc1.[HH]. The molecular formula is C23H26FN. The summed E-state index contributed by atoms with van der Waals surface area (Å²) in [5.74, 6) is -0.215. The van der Waals surface area contributed by atoms with E-state index in [4.69, 9.17) is 0 Å². The number of hydrogen-bond donors (Lipinski definition) is 1. The van der Waals surface area contributed by atoms with Crippen molar-refractivity contribution < 1.29 is 5.82 Å². The van der Waals surface area contributed by atoms with Crippen molar-refractivity contribution in [2.45, 2.75) is 13.0 Å². The van der Waals surface area contributed by atoms with Gasteiger partial charge in [-0.15, -0.1) is 0 Å². The Labute approximate surface area is 151 Å². The normalized spacial score (nSPS) is 13.4. The van der Waals surface area contributed by atoms with Gasteiger partial charge in [0, 0.05) is 14.0 Å². The van der Waals surface area contributed by atoms with Crippen molar-refractivity contribution >= 4 is 5.57 Å². The van der Waals surface area contributed by atoms with Crippen LogP contribution in [0.1, 0.15) is 25.5 Å². The van der Waals surface area contributed by atoms with Gasteiger partial charge in [-0.1, -0.05) is 79.9 Å². The third kappa shape index (κ3) is 5.40. The van der Waals surface area contributed by atoms with Crippen molar-refractivity contribution in [2.24, 2.45) is 0 Å². The molecule has 25 heavy (non-hydrogen) atoms. The van der Waals surface area contributed by atoms with Gasteiger partial charge in [-0.2, -0.15) is 0 Å². The van der Waals surface area contributed by atoms with E-state index in [1.807, 2.05) is 42.5 Å². The predicted molar refractivity (Wildman–Crippen MR) is 108 cm³/mol. The van der Waals surface area contributed by atoms with Gasteiger partial charge in [0.25, 0.3) is 0 Å². The summed E-state index contributed by atoms with van der Waals surface area (Å²) in [5.41, 5.74) is 4.32. The molecular weight excluding hydrogens is 309 g/mol. The Hall–Kier alpha value is -2.71. The van der Waals surface area contributed by atoms with Crippen LogP contribution in [0.25, 0.3) is 5.57 Å². The molecule has 2 heteroatoms. The van der Waals surface area contributed by atoms with Crippen molar-refractivity contribution in [2.75, 3.05) is 6.54 Å². The number of halogens is 1. The fourth-order valence-electron chi connectivity index (χ4n) is 2.62. The number of rotatable bonds is 8. The van der Waals surface area contributed by atoms with Crippen LogP contribution < -0.4 is 5.32 Å². The summed E-state index contributed by atoms with van der Waals surface area (Å²) in [6.45, 7) is 10.4. The first kappa shape index (κ1) is 18.6. The number of benzene rings is 2. The van der Waals surface area contributed by atoms with Gasteiger partial charge in [-0.25, -0.2) is 4.39 Å². The molecule has 0 fully saturated rings. The minimum atomic E-state index is -0.215. The van der Waals surface area contributed by atoms with Crippen LogP contribution in [0, 0.1) is 5.82 Å². The molecule has 0 unspecified atom stereocenters. The number of nitrogens with one attached hydrogen (secondary N) is 1. The van der Waals surface area contributed by atoms with Crippen LogP contribution in [-0.2, 0) is 0 Å². The quantitative estimate of drug-likeness (QED) is 0.574. The lowest BCUT2D eigenvalue weighted by Gasteiger charge is -2.14. The van der Waals surface area contributed by atoms with Crippen molar-refractivity contribution in [1.29, 1.82) is 0 Å². The Morgan fingerprint density at radius 3 is 2.40 bits per heavy atom. The molecule has 0 saturated carbocycles. The monoisotopic (exact) mass is 335 g/mol. The maximum atomic E-state index is 13.0. The summed E-state index contributed by atoms with van der Waals surface area (Å²) < 4.78 is 13.0. The number of hydrogen-bond acceptors (Lipinski definition) is 1. The van der Waals surface area contributed by atoms with Gasteiger partial charge >= 0.3 is 0 Å². The van der Waals surface area contributed by atoms with Gasteiger partial charge < -0.3 is 5.32 Å². The maximum absolute atomic E-state index is 13.0. The van der Waals surface area contributed by atoms with E-state index in [0.29, 0.717) is 6.54 Å². The van der Waals surface area contributed by atoms with Crippen molar-refractivity contribution in [3.63, 3.8) is 0 Å². The molecule has 0 aliphatic heterocycles. The van der Waals surface area contributed by atoms with Gasteiger partial charge in [-0.05, 0) is 41.3 Å². The molecule has 0 heterocycles. The summed E-state index contributed by atoms with van der Waals surface area (Å²) in [4.78, 5) is 0. The van der Waals surface area contributed by atoms with E-state index in [9.17, 15) is 4.39 Å². The van der Waals surface area contributed by atoms with Crippen LogP contribution in [0.15, 0.2) is 97.6 Å². The van der Waals surface area contributed by atoms with E-state index in [0.717, 1.165) is 22.3 Å². The first-order chi connectivity index (χ1) is 12.2. The average molecular weight is 335 g/mol. The molecule has 1 atom stereocenters. The van der Waals surface area contributed by atoms with Crippen LogP contribution in [0.3, 0.4) is 0 Å². The first-order valence-electron chi connectivity index (χ1n) is 8.35. The zero-order valence-corrected chi connectivity index (χ0v) is 14.6. The molecule has 0 radical (unpaired) electrons. The molecule has 0 aliphatic rings. The fraction of sp³-hybridized carbons (Fsp3) is 0.130. The lowest BCUT2D eigenvalue weighted by molar-refractivity contribution is 0.606. The van der Waals surface area contributed by atoms with E-state index in [-0.39, 0.29) is 13.3 Å². The summed E-state index contributed by atoms with van der Waals surface area (Å²) in [5, 5.41) is 3.45. The number of allylic oxidation sites excluding steroid dienone is 5. The largest absolute Gasteiger partial charge is 0.307 e. The Bertz CT molecular complexity index is 761. The molecule has 2 rings (SSSR count). The third-order valence-electron chi connectivity index (χ3n) is 4.01. The van der Waals surface area contributed by atoms with E-state index < -0.39 is 0 Å². The zero-order valence-electron chi connectivity index (χ0n) is 14.6. The second kappa shape index (κ2) is 9.55. The van der Waals surface area contributed by atoms with Crippen LogP contribution in [-0.4, -0.2) is 6.54 Å². The topological polar surface area (TPSA) is 12.0 Å². The molecule has 130 valence electrons. The zero-order chi connectivity index (χ0) is 18.1. The van der Waals surface area contributed by atoms with Crippen molar-refractivity contribution in [1.82, 2.24) is 5.32 Å². The molecule has 0 aromatic heterocycles. The molecule has 0 bridgehead atoms. The van der Waals surface area contributed by atoms with Crippen molar-refractivity contribution in [3.05, 3.63) is 115 Å². The van der Waals surface area contributed by atoms with Gasteiger partial charge in [0.2, 0.25) is 0 Å². The summed E-state index contributed by atoms with van der Waals surface area (Å²) in [7, 11) is 0. The van der Waals surface area contributed by atoms with E-state index >= 15 is 0 Å². The second-order valence-electron chi connectivity index (χ2n) is 5.73. The van der Waals surface area contributed by atoms with E-state index in [2.05, 4.69) is 43.6 Å². The molecule has 2 aromatic carbocycles. The molecule has 0 saturated heterocycles. The first-order valence-corrected chi connectivity index (χ1v) is 8.35.